The lowest BCUT2D eigenvalue weighted by Crippen LogP contribution is -2.39. The van der Waals surface area contributed by atoms with E-state index in [2.05, 4.69) is 15.2 Å². The normalized spacial score (nSPS) is 11.3. The highest BCUT2D eigenvalue weighted by atomic mass is 35.5. The number of rotatable bonds is 4. The molecule has 0 atom stereocenters. The summed E-state index contributed by atoms with van der Waals surface area (Å²) in [5, 5.41) is 10.2. The molecule has 2 aromatic carbocycles. The van der Waals surface area contributed by atoms with E-state index >= 15 is 0 Å². The zero-order valence-electron chi connectivity index (χ0n) is 18.1. The molecule has 0 spiro atoms. The maximum atomic E-state index is 13.9. The Labute approximate surface area is 207 Å². The number of nitrogens with zero attached hydrogens (tertiary/aromatic N) is 5. The smallest absolute Gasteiger partial charge is 0.286 e. The number of thiophene rings is 1. The van der Waals surface area contributed by atoms with Crippen molar-refractivity contribution < 1.29 is 0 Å². The minimum absolute atomic E-state index is 0.153. The molecule has 35 heavy (non-hydrogen) atoms. The van der Waals surface area contributed by atoms with E-state index in [1.54, 1.807) is 41.4 Å². The van der Waals surface area contributed by atoms with Crippen LogP contribution in [-0.4, -0.2) is 24.3 Å². The van der Waals surface area contributed by atoms with Gasteiger partial charge in [0.15, 0.2) is 0 Å². The summed E-state index contributed by atoms with van der Waals surface area (Å²) < 4.78 is 3.19. The number of hydrogen-bond acceptors (Lipinski definition) is 6. The first-order valence-corrected chi connectivity index (χ1v) is 12.0. The van der Waals surface area contributed by atoms with Gasteiger partial charge in [-0.15, -0.1) is 11.3 Å². The Kier molecular flexibility index (Phi) is 5.24. The molecule has 6 aromatic rings. The lowest BCUT2D eigenvalue weighted by atomic mass is 10.1. The van der Waals surface area contributed by atoms with Crippen LogP contribution in [0.3, 0.4) is 0 Å². The van der Waals surface area contributed by atoms with Crippen LogP contribution in [0.1, 0.15) is 5.69 Å². The molecule has 0 unspecified atom stereocenters. The molecular formula is C26H16ClN5O2S. The van der Waals surface area contributed by atoms with Crippen molar-refractivity contribution in [2.75, 3.05) is 0 Å². The SMILES string of the molecule is O=c1c2sc(-c3ccccc3Cl)cc2n(Cc2cccnn2)c(=O)n1-c1cncc2ccccc12. The van der Waals surface area contributed by atoms with E-state index in [0.29, 0.717) is 26.6 Å². The summed E-state index contributed by atoms with van der Waals surface area (Å²) in [5.74, 6) is 0. The Morgan fingerprint density at radius 1 is 0.943 bits per heavy atom. The van der Waals surface area contributed by atoms with Gasteiger partial charge in [-0.2, -0.15) is 10.2 Å². The average Bonchev–Trinajstić information content (AvgIpc) is 3.33. The first-order chi connectivity index (χ1) is 17.1. The van der Waals surface area contributed by atoms with Crippen LogP contribution in [0.15, 0.2) is 94.9 Å². The van der Waals surface area contributed by atoms with Gasteiger partial charge in [-0.3, -0.25) is 14.3 Å². The van der Waals surface area contributed by atoms with E-state index in [0.717, 1.165) is 21.2 Å². The van der Waals surface area contributed by atoms with E-state index in [-0.39, 0.29) is 6.54 Å². The second-order valence-corrected chi connectivity index (χ2v) is 9.37. The highest BCUT2D eigenvalue weighted by Gasteiger charge is 2.20. The van der Waals surface area contributed by atoms with Gasteiger partial charge in [-0.25, -0.2) is 9.36 Å². The van der Waals surface area contributed by atoms with Crippen molar-refractivity contribution >= 4 is 43.9 Å². The van der Waals surface area contributed by atoms with Crippen LogP contribution < -0.4 is 11.2 Å². The molecule has 9 heteroatoms. The third-order valence-electron chi connectivity index (χ3n) is 5.80. The van der Waals surface area contributed by atoms with Crippen molar-refractivity contribution in [1.82, 2.24) is 24.3 Å². The van der Waals surface area contributed by atoms with Crippen LogP contribution in [0.2, 0.25) is 5.02 Å². The monoisotopic (exact) mass is 497 g/mol. The predicted molar refractivity (Wildman–Crippen MR) is 139 cm³/mol. The van der Waals surface area contributed by atoms with Crippen molar-refractivity contribution in [3.63, 3.8) is 0 Å². The maximum Gasteiger partial charge on any atom is 0.336 e. The van der Waals surface area contributed by atoms with Gasteiger partial charge in [-0.1, -0.05) is 54.1 Å². The van der Waals surface area contributed by atoms with E-state index in [9.17, 15) is 9.59 Å². The quantitative estimate of drug-likeness (QED) is 0.345. The number of halogens is 1. The van der Waals surface area contributed by atoms with Crippen molar-refractivity contribution in [3.05, 3.63) is 117 Å². The summed E-state index contributed by atoms with van der Waals surface area (Å²) in [6.45, 7) is 0.153. The minimum Gasteiger partial charge on any atom is -0.286 e. The molecule has 0 fully saturated rings. The fraction of sp³-hybridized carbons (Fsp3) is 0.0385. The highest BCUT2D eigenvalue weighted by Crippen LogP contribution is 2.35. The number of pyridine rings is 1. The van der Waals surface area contributed by atoms with Gasteiger partial charge in [0.05, 0.1) is 29.6 Å². The van der Waals surface area contributed by atoms with Crippen molar-refractivity contribution in [2.24, 2.45) is 0 Å². The molecule has 0 aliphatic carbocycles. The third kappa shape index (κ3) is 3.63. The van der Waals surface area contributed by atoms with Gasteiger partial charge in [-0.05, 0) is 24.3 Å². The van der Waals surface area contributed by atoms with E-state index in [4.69, 9.17) is 11.6 Å². The molecule has 0 amide bonds. The van der Waals surface area contributed by atoms with E-state index in [1.165, 1.54) is 15.9 Å². The first kappa shape index (κ1) is 21.4. The molecule has 0 saturated carbocycles. The van der Waals surface area contributed by atoms with Crippen LogP contribution in [0.5, 0.6) is 0 Å². The predicted octanol–water partition coefficient (Wildman–Crippen LogP) is 4.92. The molecule has 170 valence electrons. The number of fused-ring (bicyclic) bond motifs is 2. The molecule has 7 nitrogen and oxygen atoms in total. The van der Waals surface area contributed by atoms with Crippen molar-refractivity contribution in [2.45, 2.75) is 6.54 Å². The average molecular weight is 498 g/mol. The molecular weight excluding hydrogens is 482 g/mol. The van der Waals surface area contributed by atoms with Crippen molar-refractivity contribution in [1.29, 1.82) is 0 Å². The summed E-state index contributed by atoms with van der Waals surface area (Å²) >= 11 is 7.75. The van der Waals surface area contributed by atoms with Crippen LogP contribution >= 0.6 is 22.9 Å². The van der Waals surface area contributed by atoms with Crippen LogP contribution in [-0.2, 0) is 6.54 Å². The van der Waals surface area contributed by atoms with E-state index in [1.807, 2.05) is 48.5 Å². The summed E-state index contributed by atoms with van der Waals surface area (Å²) in [6, 6.07) is 20.4. The van der Waals surface area contributed by atoms with Gasteiger partial charge in [0.1, 0.15) is 4.70 Å². The Balaban J connectivity index is 1.70. The zero-order chi connectivity index (χ0) is 23.9. The molecule has 0 radical (unpaired) electrons. The maximum absolute atomic E-state index is 13.9. The fourth-order valence-electron chi connectivity index (χ4n) is 4.16. The zero-order valence-corrected chi connectivity index (χ0v) is 19.7. The standard InChI is InChI=1S/C26H16ClN5O2S/c27-20-10-4-3-9-19(20)23-12-21-24(35-23)25(33)32(22-14-28-13-16-6-1-2-8-18(16)22)26(34)31(21)15-17-7-5-11-29-30-17/h1-14H,15H2. The molecule has 0 aliphatic heterocycles. The Morgan fingerprint density at radius 3 is 2.60 bits per heavy atom. The molecule has 6 rings (SSSR count). The Morgan fingerprint density at radius 2 is 1.77 bits per heavy atom. The van der Waals surface area contributed by atoms with Crippen LogP contribution in [0.4, 0.5) is 0 Å². The number of benzene rings is 2. The topological polar surface area (TPSA) is 82.7 Å². The van der Waals surface area contributed by atoms with Crippen LogP contribution in [0.25, 0.3) is 37.1 Å². The number of hydrogen-bond donors (Lipinski definition) is 0. The first-order valence-electron chi connectivity index (χ1n) is 10.8. The molecule has 0 N–H and O–H groups in total. The molecule has 0 bridgehead atoms. The molecule has 0 saturated heterocycles. The van der Waals surface area contributed by atoms with Gasteiger partial charge < -0.3 is 0 Å². The summed E-state index contributed by atoms with van der Waals surface area (Å²) in [5.41, 5.74) is 1.47. The van der Waals surface area contributed by atoms with Gasteiger partial charge in [0.2, 0.25) is 0 Å². The summed E-state index contributed by atoms with van der Waals surface area (Å²) in [6.07, 6.45) is 4.83. The van der Waals surface area contributed by atoms with Crippen LogP contribution in [0, 0.1) is 0 Å². The minimum atomic E-state index is -0.477. The molecule has 0 aliphatic rings. The third-order valence-corrected chi connectivity index (χ3v) is 7.27. The molecule has 4 aromatic heterocycles. The van der Waals surface area contributed by atoms with Gasteiger partial charge >= 0.3 is 5.69 Å². The van der Waals surface area contributed by atoms with Crippen molar-refractivity contribution in [3.8, 4) is 16.1 Å². The number of aromatic nitrogens is 5. The molecule has 4 heterocycles. The second kappa shape index (κ2) is 8.57. The Hall–Kier alpha value is -4.14. The van der Waals surface area contributed by atoms with Gasteiger partial charge in [0.25, 0.3) is 5.56 Å². The lowest BCUT2D eigenvalue weighted by molar-refractivity contribution is 0.694. The highest BCUT2D eigenvalue weighted by molar-refractivity contribution is 7.22. The fourth-order valence-corrected chi connectivity index (χ4v) is 5.59. The largest absolute Gasteiger partial charge is 0.336 e. The lowest BCUT2D eigenvalue weighted by Gasteiger charge is -2.13. The van der Waals surface area contributed by atoms with E-state index < -0.39 is 11.2 Å². The second-order valence-electron chi connectivity index (χ2n) is 7.91. The summed E-state index contributed by atoms with van der Waals surface area (Å²) in [4.78, 5) is 32.8. The Bertz CT molecular complexity index is 1840. The summed E-state index contributed by atoms with van der Waals surface area (Å²) in [7, 11) is 0. The van der Waals surface area contributed by atoms with Gasteiger partial charge in [0, 0.05) is 38.6 Å².